The van der Waals surface area contributed by atoms with Crippen molar-refractivity contribution in [3.05, 3.63) is 0 Å². The third-order valence-corrected chi connectivity index (χ3v) is 5.69. The van der Waals surface area contributed by atoms with E-state index < -0.39 is 0 Å². The SMILES string of the molecule is CCC(CC)(CC)CCCCCCCCCCCCCOO. The van der Waals surface area contributed by atoms with Crippen molar-refractivity contribution in [2.75, 3.05) is 6.61 Å². The molecule has 0 heterocycles. The van der Waals surface area contributed by atoms with Crippen LogP contribution in [0.1, 0.15) is 117 Å². The van der Waals surface area contributed by atoms with Crippen molar-refractivity contribution >= 4 is 0 Å². The maximum absolute atomic E-state index is 8.21. The Hall–Kier alpha value is -0.0800. The highest BCUT2D eigenvalue weighted by atomic mass is 17.1. The van der Waals surface area contributed by atoms with Crippen LogP contribution in [0.5, 0.6) is 0 Å². The maximum atomic E-state index is 8.21. The number of rotatable bonds is 17. The van der Waals surface area contributed by atoms with Gasteiger partial charge in [-0.15, -0.1) is 0 Å². The first-order valence-corrected chi connectivity index (χ1v) is 10.0. The second-order valence-corrected chi connectivity index (χ2v) is 7.03. The van der Waals surface area contributed by atoms with E-state index in [1.54, 1.807) is 0 Å². The monoisotopic (exact) mass is 314 g/mol. The smallest absolute Gasteiger partial charge is 0.0819 e. The molecule has 0 aromatic heterocycles. The van der Waals surface area contributed by atoms with Crippen molar-refractivity contribution in [1.82, 2.24) is 0 Å². The second-order valence-electron chi connectivity index (χ2n) is 7.03. The summed E-state index contributed by atoms with van der Waals surface area (Å²) < 4.78 is 0. The normalized spacial score (nSPS) is 12.0. The summed E-state index contributed by atoms with van der Waals surface area (Å²) in [5, 5.41) is 8.21. The van der Waals surface area contributed by atoms with Gasteiger partial charge in [0, 0.05) is 0 Å². The average molecular weight is 315 g/mol. The van der Waals surface area contributed by atoms with Crippen LogP contribution < -0.4 is 0 Å². The summed E-state index contributed by atoms with van der Waals surface area (Å²) in [6.07, 6.45) is 20.2. The van der Waals surface area contributed by atoms with Crippen molar-refractivity contribution in [3.63, 3.8) is 0 Å². The fourth-order valence-electron chi connectivity index (χ4n) is 3.54. The van der Waals surface area contributed by atoms with Crippen molar-refractivity contribution < 1.29 is 10.1 Å². The molecule has 0 atom stereocenters. The Morgan fingerprint density at radius 2 is 0.955 bits per heavy atom. The molecule has 0 amide bonds. The maximum Gasteiger partial charge on any atom is 0.0819 e. The first kappa shape index (κ1) is 21.9. The minimum absolute atomic E-state index is 0.495. The van der Waals surface area contributed by atoms with Gasteiger partial charge in [0.15, 0.2) is 0 Å². The van der Waals surface area contributed by atoms with Crippen molar-refractivity contribution in [1.29, 1.82) is 0 Å². The van der Waals surface area contributed by atoms with E-state index in [4.69, 9.17) is 5.26 Å². The molecule has 0 spiro atoms. The summed E-state index contributed by atoms with van der Waals surface area (Å²) in [5.41, 5.74) is 0.640. The molecule has 22 heavy (non-hydrogen) atoms. The van der Waals surface area contributed by atoms with E-state index in [9.17, 15) is 0 Å². The van der Waals surface area contributed by atoms with Crippen LogP contribution in [0.25, 0.3) is 0 Å². The van der Waals surface area contributed by atoms with E-state index in [-0.39, 0.29) is 0 Å². The van der Waals surface area contributed by atoms with Crippen LogP contribution in [0, 0.1) is 5.41 Å². The molecule has 1 N–H and O–H groups in total. The van der Waals surface area contributed by atoms with Gasteiger partial charge >= 0.3 is 0 Å². The fraction of sp³-hybridized carbons (Fsp3) is 1.00. The van der Waals surface area contributed by atoms with Gasteiger partial charge in [-0.2, -0.15) is 0 Å². The van der Waals surface area contributed by atoms with Crippen LogP contribution in [0.3, 0.4) is 0 Å². The van der Waals surface area contributed by atoms with E-state index >= 15 is 0 Å². The molecule has 0 aromatic rings. The van der Waals surface area contributed by atoms with E-state index in [0.29, 0.717) is 12.0 Å². The van der Waals surface area contributed by atoms with Crippen LogP contribution >= 0.6 is 0 Å². The van der Waals surface area contributed by atoms with Gasteiger partial charge < -0.3 is 0 Å². The zero-order valence-corrected chi connectivity index (χ0v) is 15.7. The summed E-state index contributed by atoms with van der Waals surface area (Å²) >= 11 is 0. The van der Waals surface area contributed by atoms with E-state index in [2.05, 4.69) is 25.7 Å². The van der Waals surface area contributed by atoms with Gasteiger partial charge in [0.2, 0.25) is 0 Å². The van der Waals surface area contributed by atoms with Crippen LogP contribution in [0.4, 0.5) is 0 Å². The fourth-order valence-corrected chi connectivity index (χ4v) is 3.54. The molecule has 0 radical (unpaired) electrons. The summed E-state index contributed by atoms with van der Waals surface area (Å²) in [7, 11) is 0. The molecule has 0 unspecified atom stereocenters. The standard InChI is InChI=1S/C20H42O2/c1-4-20(5-2,6-3)18-16-14-12-10-8-7-9-11-13-15-17-19-22-21/h21H,4-19H2,1-3H3. The predicted molar refractivity (Wildman–Crippen MR) is 97.3 cm³/mol. The molecule has 0 rings (SSSR count). The lowest BCUT2D eigenvalue weighted by Crippen LogP contribution is -2.17. The molecule has 0 saturated heterocycles. The number of unbranched alkanes of at least 4 members (excludes halogenated alkanes) is 10. The minimum Gasteiger partial charge on any atom is -0.252 e. The van der Waals surface area contributed by atoms with Crippen molar-refractivity contribution in [2.45, 2.75) is 117 Å². The van der Waals surface area contributed by atoms with Crippen LogP contribution in [-0.2, 0) is 4.89 Å². The minimum atomic E-state index is 0.495. The van der Waals surface area contributed by atoms with E-state index in [0.717, 1.165) is 6.42 Å². The molecule has 0 aromatic carbocycles. The van der Waals surface area contributed by atoms with Gasteiger partial charge in [0.25, 0.3) is 0 Å². The molecule has 0 aliphatic rings. The summed E-state index contributed by atoms with van der Waals surface area (Å²) in [4.78, 5) is 4.08. The lowest BCUT2D eigenvalue weighted by atomic mass is 9.75. The molecule has 0 saturated carbocycles. The number of hydrogen-bond donors (Lipinski definition) is 1. The molecule has 134 valence electrons. The first-order valence-electron chi connectivity index (χ1n) is 10.0. The van der Waals surface area contributed by atoms with E-state index in [1.165, 1.54) is 89.9 Å². The molecule has 0 aliphatic heterocycles. The second kappa shape index (κ2) is 15.8. The first-order chi connectivity index (χ1) is 10.7. The van der Waals surface area contributed by atoms with Gasteiger partial charge in [0.05, 0.1) is 6.61 Å². The van der Waals surface area contributed by atoms with Crippen molar-refractivity contribution in [2.24, 2.45) is 5.41 Å². The highest BCUT2D eigenvalue weighted by Crippen LogP contribution is 2.36. The third kappa shape index (κ3) is 11.5. The summed E-state index contributed by atoms with van der Waals surface area (Å²) in [6, 6.07) is 0. The van der Waals surface area contributed by atoms with Gasteiger partial charge in [-0.05, 0) is 18.3 Å². The number of hydrogen-bond acceptors (Lipinski definition) is 2. The van der Waals surface area contributed by atoms with Crippen LogP contribution in [0.2, 0.25) is 0 Å². The molecular formula is C20H42O2. The third-order valence-electron chi connectivity index (χ3n) is 5.69. The average Bonchev–Trinajstić information content (AvgIpc) is 2.56. The van der Waals surface area contributed by atoms with Gasteiger partial charge in [-0.1, -0.05) is 104 Å². The Morgan fingerprint density at radius 1 is 0.591 bits per heavy atom. The summed E-state index contributed by atoms with van der Waals surface area (Å²) in [5.74, 6) is 0. The van der Waals surface area contributed by atoms with Gasteiger partial charge in [-0.3, -0.25) is 5.26 Å². The predicted octanol–water partition coefficient (Wildman–Crippen LogP) is 7.37. The van der Waals surface area contributed by atoms with E-state index in [1.807, 2.05) is 0 Å². The summed E-state index contributed by atoms with van der Waals surface area (Å²) in [6.45, 7) is 7.59. The van der Waals surface area contributed by atoms with Crippen molar-refractivity contribution in [3.8, 4) is 0 Å². The van der Waals surface area contributed by atoms with Gasteiger partial charge in [0.1, 0.15) is 0 Å². The molecule has 0 bridgehead atoms. The largest absolute Gasteiger partial charge is 0.252 e. The zero-order chi connectivity index (χ0) is 16.5. The topological polar surface area (TPSA) is 29.5 Å². The Kier molecular flexibility index (Phi) is 15.7. The Balaban J connectivity index is 3.27. The Labute approximate surface area is 140 Å². The quantitative estimate of drug-likeness (QED) is 0.172. The Bertz CT molecular complexity index is 203. The van der Waals surface area contributed by atoms with Crippen LogP contribution in [-0.4, -0.2) is 11.9 Å². The molecule has 0 aliphatic carbocycles. The molecule has 2 heteroatoms. The lowest BCUT2D eigenvalue weighted by Gasteiger charge is -2.30. The van der Waals surface area contributed by atoms with Gasteiger partial charge in [-0.25, -0.2) is 4.89 Å². The van der Waals surface area contributed by atoms with Crippen LogP contribution in [0.15, 0.2) is 0 Å². The molecular weight excluding hydrogens is 272 g/mol. The zero-order valence-electron chi connectivity index (χ0n) is 15.7. The molecule has 2 nitrogen and oxygen atoms in total. The highest BCUT2D eigenvalue weighted by molar-refractivity contribution is 4.74. The highest BCUT2D eigenvalue weighted by Gasteiger charge is 2.22. The lowest BCUT2D eigenvalue weighted by molar-refractivity contribution is -0.242. The Morgan fingerprint density at radius 3 is 1.32 bits per heavy atom. The molecule has 0 fully saturated rings.